The molecule has 102 valence electrons. The fraction of sp³-hybridized carbons (Fsp3) is 0.533. The van der Waals surface area contributed by atoms with E-state index in [1.54, 1.807) is 0 Å². The number of nitrogens with zero attached hydrogens (tertiary/aromatic N) is 1. The van der Waals surface area contributed by atoms with Gasteiger partial charge in [0.2, 0.25) is 5.91 Å². The molecule has 3 rings (SSSR count). The van der Waals surface area contributed by atoms with Crippen molar-refractivity contribution in [3.05, 3.63) is 23.8 Å². The summed E-state index contributed by atoms with van der Waals surface area (Å²) in [7, 11) is 2.07. The van der Waals surface area contributed by atoms with Crippen LogP contribution in [0.4, 0.5) is 11.4 Å². The molecule has 1 saturated heterocycles. The van der Waals surface area contributed by atoms with E-state index in [-0.39, 0.29) is 11.8 Å². The molecule has 19 heavy (non-hydrogen) atoms. The Kier molecular flexibility index (Phi) is 3.42. The summed E-state index contributed by atoms with van der Waals surface area (Å²) in [6, 6.07) is 6.18. The predicted octanol–water partition coefficient (Wildman–Crippen LogP) is 1.93. The van der Waals surface area contributed by atoms with Gasteiger partial charge in [-0.2, -0.15) is 0 Å². The first-order valence-corrected chi connectivity index (χ1v) is 7.08. The third-order valence-corrected chi connectivity index (χ3v) is 4.07. The number of rotatable bonds is 2. The van der Waals surface area contributed by atoms with Crippen molar-refractivity contribution in [2.45, 2.75) is 19.3 Å². The largest absolute Gasteiger partial charge is 0.385 e. The summed E-state index contributed by atoms with van der Waals surface area (Å²) >= 11 is 0. The molecule has 4 heteroatoms. The summed E-state index contributed by atoms with van der Waals surface area (Å²) < 4.78 is 0. The Bertz CT molecular complexity index is 486. The van der Waals surface area contributed by atoms with Gasteiger partial charge < -0.3 is 15.5 Å². The molecule has 2 aliphatic rings. The molecule has 0 aromatic heterocycles. The maximum Gasteiger partial charge on any atom is 0.228 e. The molecule has 4 nitrogen and oxygen atoms in total. The third-order valence-electron chi connectivity index (χ3n) is 4.07. The summed E-state index contributed by atoms with van der Waals surface area (Å²) in [5.41, 5.74) is 3.46. The van der Waals surface area contributed by atoms with Crippen LogP contribution in [0.3, 0.4) is 0 Å². The van der Waals surface area contributed by atoms with Gasteiger partial charge in [-0.25, -0.2) is 0 Å². The molecule has 1 atom stereocenters. The zero-order valence-corrected chi connectivity index (χ0v) is 11.4. The van der Waals surface area contributed by atoms with E-state index in [2.05, 4.69) is 34.7 Å². The van der Waals surface area contributed by atoms with Gasteiger partial charge in [0.15, 0.2) is 0 Å². The Labute approximate surface area is 114 Å². The highest BCUT2D eigenvalue weighted by Gasteiger charge is 2.26. The second kappa shape index (κ2) is 5.21. The average Bonchev–Trinajstić information content (AvgIpc) is 2.85. The molecule has 1 amide bonds. The molecule has 1 fully saturated rings. The Morgan fingerprint density at radius 3 is 3.16 bits per heavy atom. The van der Waals surface area contributed by atoms with E-state index in [9.17, 15) is 4.79 Å². The van der Waals surface area contributed by atoms with Crippen molar-refractivity contribution in [3.8, 4) is 0 Å². The van der Waals surface area contributed by atoms with Crippen LogP contribution in [0.25, 0.3) is 0 Å². The van der Waals surface area contributed by atoms with Gasteiger partial charge in [0, 0.05) is 24.5 Å². The number of nitrogens with one attached hydrogen (secondary N) is 2. The SMILES string of the molecule is CN1CCC(C(=O)Nc2ccc3c(c2)CCCN3)C1. The van der Waals surface area contributed by atoms with Gasteiger partial charge in [0.25, 0.3) is 0 Å². The molecule has 1 unspecified atom stereocenters. The molecule has 0 bridgehead atoms. The van der Waals surface area contributed by atoms with Gasteiger partial charge in [0.05, 0.1) is 5.92 Å². The van der Waals surface area contributed by atoms with Crippen molar-refractivity contribution in [1.82, 2.24) is 4.90 Å². The lowest BCUT2D eigenvalue weighted by molar-refractivity contribution is -0.119. The van der Waals surface area contributed by atoms with Crippen LogP contribution in [-0.4, -0.2) is 37.5 Å². The predicted molar refractivity (Wildman–Crippen MR) is 77.5 cm³/mol. The van der Waals surface area contributed by atoms with E-state index in [1.807, 2.05) is 6.07 Å². The van der Waals surface area contributed by atoms with Crippen LogP contribution in [-0.2, 0) is 11.2 Å². The first-order valence-electron chi connectivity index (χ1n) is 7.08. The van der Waals surface area contributed by atoms with Gasteiger partial charge in [-0.15, -0.1) is 0 Å². The molecular formula is C15H21N3O. The minimum Gasteiger partial charge on any atom is -0.385 e. The maximum atomic E-state index is 12.2. The molecule has 0 radical (unpaired) electrons. The standard InChI is InChI=1S/C15H21N3O/c1-18-8-6-12(10-18)15(19)17-13-4-5-14-11(9-13)3-2-7-16-14/h4-5,9,12,16H,2-3,6-8,10H2,1H3,(H,17,19). The molecule has 2 aliphatic heterocycles. The van der Waals surface area contributed by atoms with Gasteiger partial charge in [-0.3, -0.25) is 4.79 Å². The molecule has 0 spiro atoms. The molecule has 1 aromatic rings. The number of carbonyl (C=O) groups is 1. The number of likely N-dealkylation sites (tertiary alicyclic amines) is 1. The van der Waals surface area contributed by atoms with E-state index in [0.29, 0.717) is 0 Å². The highest BCUT2D eigenvalue weighted by molar-refractivity contribution is 5.93. The molecule has 0 saturated carbocycles. The number of aryl methyl sites for hydroxylation is 1. The van der Waals surface area contributed by atoms with Crippen molar-refractivity contribution in [2.75, 3.05) is 37.3 Å². The van der Waals surface area contributed by atoms with E-state index < -0.39 is 0 Å². The fourth-order valence-corrected chi connectivity index (χ4v) is 2.95. The third kappa shape index (κ3) is 2.73. The zero-order chi connectivity index (χ0) is 13.2. The van der Waals surface area contributed by atoms with Gasteiger partial charge in [-0.05, 0) is 56.6 Å². The summed E-state index contributed by atoms with van der Waals surface area (Å²) in [5, 5.41) is 6.45. The fourth-order valence-electron chi connectivity index (χ4n) is 2.95. The Morgan fingerprint density at radius 1 is 1.47 bits per heavy atom. The first kappa shape index (κ1) is 12.5. The molecule has 2 heterocycles. The lowest BCUT2D eigenvalue weighted by atomic mass is 10.0. The minimum absolute atomic E-state index is 0.138. The smallest absolute Gasteiger partial charge is 0.228 e. The summed E-state index contributed by atoms with van der Waals surface area (Å²) in [6.07, 6.45) is 3.23. The van der Waals surface area contributed by atoms with Crippen LogP contribution in [0.15, 0.2) is 18.2 Å². The highest BCUT2D eigenvalue weighted by atomic mass is 16.1. The number of benzene rings is 1. The van der Waals surface area contributed by atoms with Gasteiger partial charge >= 0.3 is 0 Å². The van der Waals surface area contributed by atoms with Gasteiger partial charge in [0.1, 0.15) is 0 Å². The van der Waals surface area contributed by atoms with Crippen LogP contribution in [0.2, 0.25) is 0 Å². The number of fused-ring (bicyclic) bond motifs is 1. The van der Waals surface area contributed by atoms with Crippen LogP contribution < -0.4 is 10.6 Å². The lowest BCUT2D eigenvalue weighted by Gasteiger charge is -2.19. The van der Waals surface area contributed by atoms with Crippen LogP contribution in [0, 0.1) is 5.92 Å². The normalized spacial score (nSPS) is 22.7. The van der Waals surface area contributed by atoms with Crippen LogP contribution in [0.1, 0.15) is 18.4 Å². The average molecular weight is 259 g/mol. The van der Waals surface area contributed by atoms with E-state index in [0.717, 1.165) is 44.6 Å². The van der Waals surface area contributed by atoms with Crippen molar-refractivity contribution in [3.63, 3.8) is 0 Å². The summed E-state index contributed by atoms with van der Waals surface area (Å²) in [6.45, 7) is 2.94. The van der Waals surface area contributed by atoms with E-state index >= 15 is 0 Å². The van der Waals surface area contributed by atoms with E-state index in [4.69, 9.17) is 0 Å². The first-order chi connectivity index (χ1) is 9.22. The Balaban J connectivity index is 1.68. The quantitative estimate of drug-likeness (QED) is 0.853. The summed E-state index contributed by atoms with van der Waals surface area (Å²) in [5.74, 6) is 0.298. The van der Waals surface area contributed by atoms with Crippen molar-refractivity contribution < 1.29 is 4.79 Å². The second-order valence-electron chi connectivity index (χ2n) is 5.64. The highest BCUT2D eigenvalue weighted by Crippen LogP contribution is 2.26. The molecule has 1 aromatic carbocycles. The van der Waals surface area contributed by atoms with Crippen molar-refractivity contribution >= 4 is 17.3 Å². The molecular weight excluding hydrogens is 238 g/mol. The molecule has 0 aliphatic carbocycles. The summed E-state index contributed by atoms with van der Waals surface area (Å²) in [4.78, 5) is 14.4. The van der Waals surface area contributed by atoms with Crippen LogP contribution >= 0.6 is 0 Å². The number of hydrogen-bond donors (Lipinski definition) is 2. The number of amides is 1. The van der Waals surface area contributed by atoms with E-state index in [1.165, 1.54) is 11.3 Å². The number of carbonyl (C=O) groups excluding carboxylic acids is 1. The van der Waals surface area contributed by atoms with Crippen molar-refractivity contribution in [2.24, 2.45) is 5.92 Å². The number of anilines is 2. The second-order valence-corrected chi connectivity index (χ2v) is 5.64. The monoisotopic (exact) mass is 259 g/mol. The number of hydrogen-bond acceptors (Lipinski definition) is 3. The minimum atomic E-state index is 0.138. The Hall–Kier alpha value is -1.55. The topological polar surface area (TPSA) is 44.4 Å². The van der Waals surface area contributed by atoms with Gasteiger partial charge in [-0.1, -0.05) is 0 Å². The molecule has 2 N–H and O–H groups in total. The van der Waals surface area contributed by atoms with Crippen LogP contribution in [0.5, 0.6) is 0 Å². The Morgan fingerprint density at radius 2 is 2.37 bits per heavy atom. The maximum absolute atomic E-state index is 12.2. The van der Waals surface area contributed by atoms with Crippen molar-refractivity contribution in [1.29, 1.82) is 0 Å². The lowest BCUT2D eigenvalue weighted by Crippen LogP contribution is -2.25. The zero-order valence-electron chi connectivity index (χ0n) is 11.4.